The Bertz CT molecular complexity index is 966. The fourth-order valence-electron chi connectivity index (χ4n) is 3.29. The highest BCUT2D eigenvalue weighted by Gasteiger charge is 2.31. The van der Waals surface area contributed by atoms with Gasteiger partial charge in [0.15, 0.2) is 11.9 Å². The monoisotopic (exact) mass is 463 g/mol. The Labute approximate surface area is 175 Å². The first-order valence-electron chi connectivity index (χ1n) is 8.55. The zero-order valence-corrected chi connectivity index (χ0v) is 17.4. The van der Waals surface area contributed by atoms with Crippen LogP contribution in [-0.4, -0.2) is 24.7 Å². The van der Waals surface area contributed by atoms with E-state index in [1.165, 1.54) is 0 Å². The van der Waals surface area contributed by atoms with Crippen LogP contribution in [-0.2, 0) is 11.3 Å². The predicted molar refractivity (Wildman–Crippen MR) is 112 cm³/mol. The second-order valence-corrected chi connectivity index (χ2v) is 7.66. The Hall–Kier alpha value is -2.36. The van der Waals surface area contributed by atoms with Crippen molar-refractivity contribution in [3.05, 3.63) is 51.5 Å². The quantitative estimate of drug-likeness (QED) is 0.532. The lowest BCUT2D eigenvalue weighted by Crippen LogP contribution is -2.29. The molecule has 3 N–H and O–H groups in total. The molecule has 1 unspecified atom stereocenters. The van der Waals surface area contributed by atoms with Crippen molar-refractivity contribution in [1.29, 1.82) is 0 Å². The lowest BCUT2D eigenvalue weighted by molar-refractivity contribution is -0.0183. The molecule has 9 heteroatoms. The van der Waals surface area contributed by atoms with Crippen LogP contribution in [0.5, 0.6) is 17.2 Å². The molecule has 0 saturated heterocycles. The summed E-state index contributed by atoms with van der Waals surface area (Å²) in [5, 5.41) is 4.49. The van der Waals surface area contributed by atoms with Crippen molar-refractivity contribution in [3.8, 4) is 17.2 Å². The molecule has 28 heavy (non-hydrogen) atoms. The summed E-state index contributed by atoms with van der Waals surface area (Å²) in [6.07, 6.45) is 0.209. The summed E-state index contributed by atoms with van der Waals surface area (Å²) >= 11 is 8.46. The summed E-state index contributed by atoms with van der Waals surface area (Å²) in [5.74, 6) is 2.20. The number of halogens is 1. The first-order valence-corrected chi connectivity index (χ1v) is 9.75. The van der Waals surface area contributed by atoms with E-state index in [1.54, 1.807) is 7.11 Å². The predicted octanol–water partition coefficient (Wildman–Crippen LogP) is 3.39. The third-order valence-corrected chi connectivity index (χ3v) is 5.05. The number of thiocarbonyl (C=S) groups is 1. The Balaban J connectivity index is 1.77. The molecule has 2 aromatic carbocycles. The van der Waals surface area contributed by atoms with Crippen molar-refractivity contribution in [1.82, 2.24) is 5.43 Å². The van der Waals surface area contributed by atoms with Gasteiger partial charge in [0.1, 0.15) is 23.4 Å². The topological polar surface area (TPSA) is 87.3 Å². The van der Waals surface area contributed by atoms with Crippen LogP contribution in [0.1, 0.15) is 29.2 Å². The first kappa shape index (κ1) is 19.0. The van der Waals surface area contributed by atoms with Crippen LogP contribution in [0.15, 0.2) is 39.9 Å². The molecule has 0 fully saturated rings. The molecule has 2 aliphatic heterocycles. The molecule has 2 heterocycles. The molecule has 4 rings (SSSR count). The van der Waals surface area contributed by atoms with E-state index in [1.807, 2.05) is 30.3 Å². The number of nitrogens with two attached hydrogens (primary N) is 1. The number of hydrogen-bond acceptors (Lipinski definition) is 6. The fraction of sp³-hybridized carbons (Fsp3) is 0.263. The van der Waals surface area contributed by atoms with E-state index in [4.69, 9.17) is 36.9 Å². The summed E-state index contributed by atoms with van der Waals surface area (Å²) in [5.41, 5.74) is 11.7. The summed E-state index contributed by atoms with van der Waals surface area (Å²) in [6.45, 7) is 0.707. The third kappa shape index (κ3) is 3.78. The molecule has 7 nitrogen and oxygen atoms in total. The highest BCUT2D eigenvalue weighted by molar-refractivity contribution is 9.10. The van der Waals surface area contributed by atoms with Gasteiger partial charge in [-0.25, -0.2) is 0 Å². The normalized spacial score (nSPS) is 19.1. The van der Waals surface area contributed by atoms with Gasteiger partial charge in [-0.1, -0.05) is 15.9 Å². The van der Waals surface area contributed by atoms with Gasteiger partial charge in [0.05, 0.1) is 19.4 Å². The van der Waals surface area contributed by atoms with Crippen LogP contribution in [0.4, 0.5) is 0 Å². The number of nitrogens with one attached hydrogen (secondary N) is 1. The van der Waals surface area contributed by atoms with Crippen molar-refractivity contribution < 1.29 is 18.9 Å². The van der Waals surface area contributed by atoms with E-state index >= 15 is 0 Å². The average Bonchev–Trinajstić information content (AvgIpc) is 2.70. The van der Waals surface area contributed by atoms with E-state index in [0.717, 1.165) is 32.6 Å². The van der Waals surface area contributed by atoms with Gasteiger partial charge in [-0.3, -0.25) is 5.43 Å². The zero-order chi connectivity index (χ0) is 19.7. The molecule has 1 atom stereocenters. The number of nitrogens with zero attached hydrogens (tertiary/aromatic N) is 1. The summed E-state index contributed by atoms with van der Waals surface area (Å²) in [4.78, 5) is 0. The van der Waals surface area contributed by atoms with Gasteiger partial charge in [0.25, 0.3) is 0 Å². The van der Waals surface area contributed by atoms with Crippen LogP contribution in [0.25, 0.3) is 0 Å². The molecule has 2 aromatic rings. The molecule has 146 valence electrons. The van der Waals surface area contributed by atoms with E-state index in [-0.39, 0.29) is 18.0 Å². The Morgan fingerprint density at radius 2 is 2.21 bits per heavy atom. The maximum absolute atomic E-state index is 6.31. The maximum Gasteiger partial charge on any atom is 0.189 e. The number of methoxy groups -OCH3 is 1. The van der Waals surface area contributed by atoms with Crippen molar-refractivity contribution >= 4 is 39.0 Å². The molecule has 0 radical (unpaired) electrons. The number of hydrogen-bond donors (Lipinski definition) is 2. The van der Waals surface area contributed by atoms with Crippen molar-refractivity contribution in [2.24, 2.45) is 10.8 Å². The zero-order valence-electron chi connectivity index (χ0n) is 15.0. The fourth-order valence-corrected chi connectivity index (χ4v) is 3.86. The molecule has 2 aliphatic rings. The minimum absolute atomic E-state index is 0.0975. The lowest BCUT2D eigenvalue weighted by Gasteiger charge is -2.30. The van der Waals surface area contributed by atoms with Crippen LogP contribution in [0.2, 0.25) is 0 Å². The molecule has 0 amide bonds. The summed E-state index contributed by atoms with van der Waals surface area (Å²) in [6, 6.07) is 9.59. The molecular weight excluding hydrogens is 446 g/mol. The van der Waals surface area contributed by atoms with E-state index in [2.05, 4.69) is 26.5 Å². The number of hydrazone groups is 1. The number of fused-ring (bicyclic) bond motifs is 2. The van der Waals surface area contributed by atoms with Crippen LogP contribution >= 0.6 is 28.1 Å². The highest BCUT2D eigenvalue weighted by atomic mass is 79.9. The highest BCUT2D eigenvalue weighted by Crippen LogP contribution is 2.42. The van der Waals surface area contributed by atoms with Gasteiger partial charge in [-0.15, -0.1) is 0 Å². The van der Waals surface area contributed by atoms with Gasteiger partial charge < -0.3 is 24.7 Å². The Kier molecular flexibility index (Phi) is 5.38. The molecule has 0 aromatic heterocycles. The molecule has 0 saturated carbocycles. The van der Waals surface area contributed by atoms with Gasteiger partial charge in [-0.2, -0.15) is 5.10 Å². The van der Waals surface area contributed by atoms with E-state index in [9.17, 15) is 0 Å². The smallest absolute Gasteiger partial charge is 0.189 e. The average molecular weight is 464 g/mol. The molecule has 0 bridgehead atoms. The van der Waals surface area contributed by atoms with Gasteiger partial charge in [0, 0.05) is 27.6 Å². The van der Waals surface area contributed by atoms with Gasteiger partial charge in [-0.05, 0) is 42.5 Å². The van der Waals surface area contributed by atoms with Gasteiger partial charge in [0.2, 0.25) is 0 Å². The third-order valence-electron chi connectivity index (χ3n) is 4.50. The molecular formula is C19H18BrN3O4S. The molecule has 0 aliphatic carbocycles. The lowest BCUT2D eigenvalue weighted by atomic mass is 9.93. The first-order chi connectivity index (χ1) is 13.5. The van der Waals surface area contributed by atoms with E-state index < -0.39 is 0 Å². The Morgan fingerprint density at radius 3 is 3.00 bits per heavy atom. The van der Waals surface area contributed by atoms with Crippen molar-refractivity contribution in [2.45, 2.75) is 19.1 Å². The van der Waals surface area contributed by atoms with Crippen molar-refractivity contribution in [3.63, 3.8) is 0 Å². The summed E-state index contributed by atoms with van der Waals surface area (Å²) < 4.78 is 23.8. The summed E-state index contributed by atoms with van der Waals surface area (Å²) in [7, 11) is 1.62. The maximum atomic E-state index is 6.31. The number of ether oxygens (including phenoxy) is 4. The van der Waals surface area contributed by atoms with E-state index in [0.29, 0.717) is 24.5 Å². The second-order valence-electron chi connectivity index (χ2n) is 6.30. The second kappa shape index (κ2) is 7.94. The standard InChI is InChI=1S/C19H18BrN3O4S/c1-24-12-2-3-16-13(6-12)15(22-23-19(21)28)7-17(27-16)14-5-11(20)4-10-8-25-9-26-18(10)14/h2-6,17H,7-9H2,1H3,(H3,21,23,28). The molecule has 0 spiro atoms. The van der Waals surface area contributed by atoms with Crippen LogP contribution in [0.3, 0.4) is 0 Å². The van der Waals surface area contributed by atoms with Crippen LogP contribution < -0.4 is 25.4 Å². The Morgan fingerprint density at radius 1 is 1.36 bits per heavy atom. The SMILES string of the molecule is COc1ccc2c(c1)C(=NNC(N)=S)CC(c1cc(Br)cc3c1OCOC3)O2. The largest absolute Gasteiger partial charge is 0.497 e. The van der Waals surface area contributed by atoms with Crippen molar-refractivity contribution in [2.75, 3.05) is 13.9 Å². The number of benzene rings is 2. The number of rotatable bonds is 3. The minimum atomic E-state index is -0.294. The minimum Gasteiger partial charge on any atom is -0.497 e. The van der Waals surface area contributed by atoms with Gasteiger partial charge >= 0.3 is 0 Å². The van der Waals surface area contributed by atoms with Crippen LogP contribution in [0, 0.1) is 0 Å².